The van der Waals surface area contributed by atoms with Gasteiger partial charge in [0.05, 0.1) is 10.7 Å². The highest BCUT2D eigenvalue weighted by Crippen LogP contribution is 2.14. The molecule has 1 aromatic heterocycles. The normalized spacial score (nSPS) is 12.9. The van der Waals surface area contributed by atoms with Crippen molar-refractivity contribution in [3.05, 3.63) is 16.1 Å². The molecule has 1 atom stereocenters. The number of nitrogens with two attached hydrogens (primary N) is 1. The molecule has 0 spiro atoms. The molecular weight excluding hydrogens is 220 g/mol. The van der Waals surface area contributed by atoms with Crippen LogP contribution in [0.2, 0.25) is 0 Å². The zero-order valence-electron chi connectivity index (χ0n) is 10.2. The van der Waals surface area contributed by atoms with Crippen LogP contribution < -0.4 is 5.73 Å². The van der Waals surface area contributed by atoms with Crippen LogP contribution in [-0.2, 0) is 17.6 Å². The molecule has 0 aliphatic heterocycles. The molecule has 0 aromatic carbocycles. The molecule has 0 amide bonds. The van der Waals surface area contributed by atoms with Crippen molar-refractivity contribution >= 4 is 11.3 Å². The maximum atomic E-state index is 5.99. The number of hydrogen-bond acceptors (Lipinski definition) is 4. The zero-order valence-corrected chi connectivity index (χ0v) is 11.1. The van der Waals surface area contributed by atoms with Crippen molar-refractivity contribution < 1.29 is 4.74 Å². The van der Waals surface area contributed by atoms with Gasteiger partial charge >= 0.3 is 0 Å². The first-order valence-electron chi connectivity index (χ1n) is 5.94. The smallest absolute Gasteiger partial charge is 0.0929 e. The van der Waals surface area contributed by atoms with E-state index in [2.05, 4.69) is 17.3 Å². The van der Waals surface area contributed by atoms with Crippen molar-refractivity contribution in [2.45, 2.75) is 45.1 Å². The molecule has 0 aliphatic rings. The van der Waals surface area contributed by atoms with Crippen molar-refractivity contribution in [2.24, 2.45) is 5.73 Å². The van der Waals surface area contributed by atoms with Crippen LogP contribution in [0.25, 0.3) is 0 Å². The molecule has 1 unspecified atom stereocenters. The van der Waals surface area contributed by atoms with Crippen LogP contribution in [0.1, 0.15) is 36.9 Å². The van der Waals surface area contributed by atoms with Gasteiger partial charge in [0.15, 0.2) is 0 Å². The maximum absolute atomic E-state index is 5.99. The number of rotatable bonds is 8. The van der Waals surface area contributed by atoms with Gasteiger partial charge in [0.25, 0.3) is 0 Å². The van der Waals surface area contributed by atoms with E-state index in [1.807, 2.05) is 0 Å². The number of ether oxygens (including phenoxy) is 1. The third-order valence-electron chi connectivity index (χ3n) is 2.47. The topological polar surface area (TPSA) is 48.1 Å². The van der Waals surface area contributed by atoms with E-state index in [0.29, 0.717) is 0 Å². The summed E-state index contributed by atoms with van der Waals surface area (Å²) in [5.74, 6) is 0. The summed E-state index contributed by atoms with van der Waals surface area (Å²) in [4.78, 5) is 4.59. The predicted molar refractivity (Wildman–Crippen MR) is 68.9 cm³/mol. The van der Waals surface area contributed by atoms with Gasteiger partial charge in [-0.1, -0.05) is 13.3 Å². The molecule has 1 aromatic rings. The molecule has 3 nitrogen and oxygen atoms in total. The highest BCUT2D eigenvalue weighted by molar-refractivity contribution is 7.09. The van der Waals surface area contributed by atoms with Gasteiger partial charge in [0.1, 0.15) is 0 Å². The van der Waals surface area contributed by atoms with Gasteiger partial charge in [0, 0.05) is 38.0 Å². The molecule has 0 fully saturated rings. The van der Waals surface area contributed by atoms with Crippen LogP contribution in [0, 0.1) is 0 Å². The quantitative estimate of drug-likeness (QED) is 0.712. The van der Waals surface area contributed by atoms with E-state index in [-0.39, 0.29) is 6.04 Å². The second-order valence-corrected chi connectivity index (χ2v) is 5.02. The number of aromatic nitrogens is 1. The van der Waals surface area contributed by atoms with Crippen LogP contribution in [-0.4, -0.2) is 24.7 Å². The van der Waals surface area contributed by atoms with E-state index >= 15 is 0 Å². The molecule has 0 saturated heterocycles. The molecule has 16 heavy (non-hydrogen) atoms. The second kappa shape index (κ2) is 7.76. The van der Waals surface area contributed by atoms with Gasteiger partial charge in [-0.3, -0.25) is 0 Å². The minimum absolute atomic E-state index is 0.263. The van der Waals surface area contributed by atoms with Crippen molar-refractivity contribution in [1.29, 1.82) is 0 Å². The molecule has 0 aliphatic carbocycles. The van der Waals surface area contributed by atoms with Crippen molar-refractivity contribution in [3.8, 4) is 0 Å². The maximum Gasteiger partial charge on any atom is 0.0929 e. The molecule has 0 radical (unpaired) electrons. The molecule has 1 rings (SSSR count). The summed E-state index contributed by atoms with van der Waals surface area (Å²) in [7, 11) is 1.73. The number of nitrogens with zero attached hydrogens (tertiary/aromatic N) is 1. The Morgan fingerprint density at radius 3 is 3.06 bits per heavy atom. The number of aryl methyl sites for hydroxylation is 1. The lowest BCUT2D eigenvalue weighted by Gasteiger charge is -2.06. The van der Waals surface area contributed by atoms with E-state index in [9.17, 15) is 0 Å². The first-order chi connectivity index (χ1) is 7.76. The fraction of sp³-hybridized carbons (Fsp3) is 0.750. The lowest BCUT2D eigenvalue weighted by atomic mass is 10.1. The van der Waals surface area contributed by atoms with Gasteiger partial charge in [-0.15, -0.1) is 11.3 Å². The van der Waals surface area contributed by atoms with Gasteiger partial charge < -0.3 is 10.5 Å². The summed E-state index contributed by atoms with van der Waals surface area (Å²) in [6, 6.07) is 0.263. The second-order valence-electron chi connectivity index (χ2n) is 4.08. The van der Waals surface area contributed by atoms with Crippen LogP contribution in [0.15, 0.2) is 5.38 Å². The standard InChI is InChI=1S/C12H22N2OS/c1-3-5-10(13)8-11-9-16-12(14-11)6-4-7-15-2/h9-10H,3-8,13H2,1-2H3. The average Bonchev–Trinajstić information content (AvgIpc) is 2.66. The van der Waals surface area contributed by atoms with Crippen molar-refractivity contribution in [1.82, 2.24) is 4.98 Å². The monoisotopic (exact) mass is 242 g/mol. The van der Waals surface area contributed by atoms with Crippen molar-refractivity contribution in [2.75, 3.05) is 13.7 Å². The van der Waals surface area contributed by atoms with Gasteiger partial charge in [-0.05, 0) is 12.8 Å². The third kappa shape index (κ3) is 5.05. The number of thiazole rings is 1. The Morgan fingerprint density at radius 2 is 2.38 bits per heavy atom. The third-order valence-corrected chi connectivity index (χ3v) is 3.43. The van der Waals surface area contributed by atoms with E-state index in [0.717, 1.165) is 44.4 Å². The SMILES string of the molecule is CCCC(N)Cc1csc(CCCOC)n1. The van der Waals surface area contributed by atoms with E-state index in [1.54, 1.807) is 18.4 Å². The molecule has 2 N–H and O–H groups in total. The Bertz CT molecular complexity index is 288. The number of hydrogen-bond donors (Lipinski definition) is 1. The molecule has 4 heteroatoms. The van der Waals surface area contributed by atoms with E-state index in [4.69, 9.17) is 10.5 Å². The lowest BCUT2D eigenvalue weighted by molar-refractivity contribution is 0.195. The first kappa shape index (κ1) is 13.6. The Hall–Kier alpha value is -0.450. The number of methoxy groups -OCH3 is 1. The minimum Gasteiger partial charge on any atom is -0.385 e. The minimum atomic E-state index is 0.263. The summed E-state index contributed by atoms with van der Waals surface area (Å²) >= 11 is 1.74. The Labute approximate surface area is 102 Å². The van der Waals surface area contributed by atoms with Crippen molar-refractivity contribution in [3.63, 3.8) is 0 Å². The van der Waals surface area contributed by atoms with Gasteiger partial charge in [-0.25, -0.2) is 4.98 Å². The summed E-state index contributed by atoms with van der Waals surface area (Å²) in [6.07, 6.45) is 5.20. The Kier molecular flexibility index (Phi) is 6.61. The molecule has 0 saturated carbocycles. The fourth-order valence-corrected chi connectivity index (χ4v) is 2.52. The van der Waals surface area contributed by atoms with Crippen LogP contribution in [0.5, 0.6) is 0 Å². The molecule has 0 bridgehead atoms. The van der Waals surface area contributed by atoms with E-state index in [1.165, 1.54) is 5.01 Å². The average molecular weight is 242 g/mol. The Morgan fingerprint density at radius 1 is 1.56 bits per heavy atom. The molecular formula is C12H22N2OS. The highest BCUT2D eigenvalue weighted by atomic mass is 32.1. The summed E-state index contributed by atoms with van der Waals surface area (Å²) in [6.45, 7) is 2.97. The predicted octanol–water partition coefficient (Wildman–Crippen LogP) is 2.39. The van der Waals surface area contributed by atoms with Crippen LogP contribution >= 0.6 is 11.3 Å². The van der Waals surface area contributed by atoms with Gasteiger partial charge in [-0.2, -0.15) is 0 Å². The Balaban J connectivity index is 2.33. The fourth-order valence-electron chi connectivity index (χ4n) is 1.67. The summed E-state index contributed by atoms with van der Waals surface area (Å²) in [5.41, 5.74) is 7.14. The van der Waals surface area contributed by atoms with Crippen LogP contribution in [0.3, 0.4) is 0 Å². The van der Waals surface area contributed by atoms with E-state index < -0.39 is 0 Å². The highest BCUT2D eigenvalue weighted by Gasteiger charge is 2.06. The summed E-state index contributed by atoms with van der Waals surface area (Å²) < 4.78 is 5.02. The lowest BCUT2D eigenvalue weighted by Crippen LogP contribution is -2.22. The molecule has 1 heterocycles. The van der Waals surface area contributed by atoms with Gasteiger partial charge in [0.2, 0.25) is 0 Å². The zero-order chi connectivity index (χ0) is 11.8. The largest absolute Gasteiger partial charge is 0.385 e. The molecule has 92 valence electrons. The summed E-state index contributed by atoms with van der Waals surface area (Å²) in [5, 5.41) is 3.34. The van der Waals surface area contributed by atoms with Crippen LogP contribution in [0.4, 0.5) is 0 Å². The first-order valence-corrected chi connectivity index (χ1v) is 6.82.